The number of nitrogens with one attached hydrogen (secondary N) is 1. The molecular formula is C27H29N3O3. The van der Waals surface area contributed by atoms with Crippen LogP contribution in [0.5, 0.6) is 5.75 Å². The van der Waals surface area contributed by atoms with Gasteiger partial charge in [-0.15, -0.1) is 0 Å². The molecule has 1 aliphatic heterocycles. The number of amides is 2. The van der Waals surface area contributed by atoms with Crippen LogP contribution in [0.15, 0.2) is 73.1 Å². The average Bonchev–Trinajstić information content (AvgIpc) is 2.88. The van der Waals surface area contributed by atoms with Crippen molar-refractivity contribution >= 4 is 11.8 Å². The van der Waals surface area contributed by atoms with Crippen LogP contribution in [0.25, 0.3) is 11.1 Å². The number of carbonyl (C=O) groups is 2. The van der Waals surface area contributed by atoms with E-state index < -0.39 is 5.41 Å². The smallest absolute Gasteiger partial charge is 0.257 e. The average molecular weight is 444 g/mol. The molecule has 4 rings (SSSR count). The highest BCUT2D eigenvalue weighted by Crippen LogP contribution is 2.38. The minimum absolute atomic E-state index is 0.0374. The number of hydrogen-bond acceptors (Lipinski definition) is 4. The fraction of sp³-hybridized carbons (Fsp3) is 0.296. The quantitative estimate of drug-likeness (QED) is 0.626. The summed E-state index contributed by atoms with van der Waals surface area (Å²) in [5.74, 6) is 0.397. The van der Waals surface area contributed by atoms with Gasteiger partial charge in [0, 0.05) is 32.5 Å². The van der Waals surface area contributed by atoms with Gasteiger partial charge in [0.1, 0.15) is 5.75 Å². The highest BCUT2D eigenvalue weighted by Gasteiger charge is 2.43. The summed E-state index contributed by atoms with van der Waals surface area (Å²) in [7, 11) is 3.23. The minimum Gasteiger partial charge on any atom is -0.496 e. The molecule has 1 aliphatic rings. The summed E-state index contributed by atoms with van der Waals surface area (Å²) in [6, 6.07) is 19.3. The van der Waals surface area contributed by atoms with Crippen LogP contribution >= 0.6 is 0 Å². The maximum atomic E-state index is 13.4. The van der Waals surface area contributed by atoms with Crippen LogP contribution in [0.3, 0.4) is 0 Å². The summed E-state index contributed by atoms with van der Waals surface area (Å²) in [5.41, 5.74) is 3.03. The van der Waals surface area contributed by atoms with Crippen LogP contribution in [0.2, 0.25) is 0 Å². The molecule has 2 aromatic carbocycles. The topological polar surface area (TPSA) is 71.5 Å². The molecule has 0 bridgehead atoms. The van der Waals surface area contributed by atoms with Gasteiger partial charge in [0.15, 0.2) is 0 Å². The first kappa shape index (κ1) is 22.5. The predicted octanol–water partition coefficient (Wildman–Crippen LogP) is 3.97. The zero-order chi connectivity index (χ0) is 23.3. The summed E-state index contributed by atoms with van der Waals surface area (Å²) >= 11 is 0. The van der Waals surface area contributed by atoms with Gasteiger partial charge in [0.05, 0.1) is 18.1 Å². The van der Waals surface area contributed by atoms with Crippen LogP contribution in [-0.2, 0) is 11.2 Å². The first-order valence-corrected chi connectivity index (χ1v) is 11.2. The van der Waals surface area contributed by atoms with E-state index in [2.05, 4.69) is 22.4 Å². The molecule has 0 radical (unpaired) electrons. The maximum absolute atomic E-state index is 13.4. The molecular weight excluding hydrogens is 414 g/mol. The highest BCUT2D eigenvalue weighted by molar-refractivity contribution is 5.97. The second-order valence-electron chi connectivity index (χ2n) is 8.46. The number of benzene rings is 2. The number of para-hydroxylation sites is 1. The van der Waals surface area contributed by atoms with Crippen molar-refractivity contribution in [3.63, 3.8) is 0 Å². The Balaban J connectivity index is 1.68. The number of piperidine rings is 1. The molecule has 3 aromatic rings. The van der Waals surface area contributed by atoms with Gasteiger partial charge in [-0.25, -0.2) is 0 Å². The van der Waals surface area contributed by atoms with Crippen molar-refractivity contribution in [3.05, 3.63) is 84.2 Å². The molecule has 1 unspecified atom stereocenters. The highest BCUT2D eigenvalue weighted by atomic mass is 16.5. The standard InChI is InChI=1S/C27H29N3O3/c1-28-26(32)27(18-21-8-3-4-9-22(21)20-12-15-29-16-13-20)14-7-17-30(19-27)25(31)23-10-5-6-11-24(23)33-2/h3-6,8-13,15-16H,7,14,17-19H2,1-2H3,(H,28,32). The lowest BCUT2D eigenvalue weighted by molar-refractivity contribution is -0.133. The number of ether oxygens (including phenoxy) is 1. The van der Waals surface area contributed by atoms with E-state index in [4.69, 9.17) is 4.74 Å². The first-order valence-electron chi connectivity index (χ1n) is 11.2. The zero-order valence-corrected chi connectivity index (χ0v) is 19.1. The molecule has 1 atom stereocenters. The van der Waals surface area contributed by atoms with Crippen molar-refractivity contribution in [1.82, 2.24) is 15.2 Å². The third-order valence-corrected chi connectivity index (χ3v) is 6.45. The SMILES string of the molecule is CNC(=O)C1(Cc2ccccc2-c2ccncc2)CCCN(C(=O)c2ccccc2OC)C1. The molecule has 170 valence electrons. The van der Waals surface area contributed by atoms with Crippen LogP contribution < -0.4 is 10.1 Å². The molecule has 33 heavy (non-hydrogen) atoms. The lowest BCUT2D eigenvalue weighted by Gasteiger charge is -2.42. The van der Waals surface area contributed by atoms with E-state index in [-0.39, 0.29) is 11.8 Å². The molecule has 1 fully saturated rings. The van der Waals surface area contributed by atoms with Gasteiger partial charge >= 0.3 is 0 Å². The number of nitrogens with zero attached hydrogens (tertiary/aromatic N) is 2. The van der Waals surface area contributed by atoms with Crippen molar-refractivity contribution in [2.45, 2.75) is 19.3 Å². The molecule has 6 nitrogen and oxygen atoms in total. The number of hydrogen-bond donors (Lipinski definition) is 1. The number of carbonyl (C=O) groups excluding carboxylic acids is 2. The normalized spacial score (nSPS) is 17.9. The molecule has 1 aromatic heterocycles. The van der Waals surface area contributed by atoms with E-state index in [1.165, 1.54) is 0 Å². The van der Waals surface area contributed by atoms with Gasteiger partial charge < -0.3 is 15.0 Å². The molecule has 0 spiro atoms. The van der Waals surface area contributed by atoms with Crippen LogP contribution in [0.1, 0.15) is 28.8 Å². The maximum Gasteiger partial charge on any atom is 0.257 e. The zero-order valence-electron chi connectivity index (χ0n) is 19.1. The van der Waals surface area contributed by atoms with Crippen LogP contribution in [0, 0.1) is 5.41 Å². The molecule has 0 saturated carbocycles. The fourth-order valence-corrected chi connectivity index (χ4v) is 4.82. The van der Waals surface area contributed by atoms with E-state index in [0.29, 0.717) is 37.2 Å². The third kappa shape index (κ3) is 4.60. The van der Waals surface area contributed by atoms with Crippen molar-refractivity contribution in [2.75, 3.05) is 27.2 Å². The number of rotatable bonds is 6. The lowest BCUT2D eigenvalue weighted by atomic mass is 9.73. The van der Waals surface area contributed by atoms with Gasteiger partial charge in [0.2, 0.25) is 5.91 Å². The van der Waals surface area contributed by atoms with Crippen molar-refractivity contribution in [1.29, 1.82) is 0 Å². The Kier molecular flexibility index (Phi) is 6.73. The minimum atomic E-state index is -0.714. The monoisotopic (exact) mass is 443 g/mol. The van der Waals surface area contributed by atoms with Crippen LogP contribution in [0.4, 0.5) is 0 Å². The molecule has 6 heteroatoms. The summed E-state index contributed by atoms with van der Waals surface area (Å²) in [6.07, 6.45) is 5.56. The summed E-state index contributed by atoms with van der Waals surface area (Å²) in [4.78, 5) is 32.6. The summed E-state index contributed by atoms with van der Waals surface area (Å²) < 4.78 is 5.41. The van der Waals surface area contributed by atoms with E-state index in [0.717, 1.165) is 23.1 Å². The second-order valence-corrected chi connectivity index (χ2v) is 8.46. The Labute approximate surface area is 194 Å². The predicted molar refractivity (Wildman–Crippen MR) is 128 cm³/mol. The van der Waals surface area contributed by atoms with Gasteiger partial charge in [-0.2, -0.15) is 0 Å². The molecule has 2 amide bonds. The van der Waals surface area contributed by atoms with Gasteiger partial charge in [-0.05, 0) is 60.2 Å². The largest absolute Gasteiger partial charge is 0.496 e. The van der Waals surface area contributed by atoms with E-state index in [9.17, 15) is 9.59 Å². The third-order valence-electron chi connectivity index (χ3n) is 6.45. The Morgan fingerprint density at radius 1 is 1.06 bits per heavy atom. The van der Waals surface area contributed by atoms with Gasteiger partial charge in [0.25, 0.3) is 5.91 Å². The van der Waals surface area contributed by atoms with E-state index >= 15 is 0 Å². The van der Waals surface area contributed by atoms with Crippen LogP contribution in [-0.4, -0.2) is 48.9 Å². The Morgan fingerprint density at radius 2 is 1.79 bits per heavy atom. The molecule has 0 aliphatic carbocycles. The number of aromatic nitrogens is 1. The summed E-state index contributed by atoms with van der Waals surface area (Å²) in [6.45, 7) is 0.968. The fourth-order valence-electron chi connectivity index (χ4n) is 4.82. The lowest BCUT2D eigenvalue weighted by Crippen LogP contribution is -2.54. The summed E-state index contributed by atoms with van der Waals surface area (Å²) in [5, 5.41) is 2.87. The Morgan fingerprint density at radius 3 is 2.55 bits per heavy atom. The first-order chi connectivity index (χ1) is 16.1. The second kappa shape index (κ2) is 9.86. The number of pyridine rings is 1. The molecule has 1 saturated heterocycles. The van der Waals surface area contributed by atoms with E-state index in [1.807, 2.05) is 36.4 Å². The van der Waals surface area contributed by atoms with Crippen molar-refractivity contribution in [3.8, 4) is 16.9 Å². The van der Waals surface area contributed by atoms with Gasteiger partial charge in [-0.3, -0.25) is 14.6 Å². The Bertz CT molecular complexity index is 1130. The molecule has 2 heterocycles. The number of likely N-dealkylation sites (tertiary alicyclic amines) is 1. The van der Waals surface area contributed by atoms with Gasteiger partial charge in [-0.1, -0.05) is 36.4 Å². The van der Waals surface area contributed by atoms with Crippen molar-refractivity contribution in [2.24, 2.45) is 5.41 Å². The van der Waals surface area contributed by atoms with Crippen molar-refractivity contribution < 1.29 is 14.3 Å². The Hall–Kier alpha value is -3.67. The molecule has 1 N–H and O–H groups in total. The number of methoxy groups -OCH3 is 1. The van der Waals surface area contributed by atoms with E-state index in [1.54, 1.807) is 43.6 Å².